The van der Waals surface area contributed by atoms with Gasteiger partial charge in [0.1, 0.15) is 10.6 Å². The van der Waals surface area contributed by atoms with E-state index in [0.717, 1.165) is 26.9 Å². The second kappa shape index (κ2) is 6.29. The lowest BCUT2D eigenvalue weighted by atomic mass is 10.2. The van der Waals surface area contributed by atoms with E-state index < -0.39 is 0 Å². The molecule has 6 heteroatoms. The zero-order valence-electron chi connectivity index (χ0n) is 12.4. The van der Waals surface area contributed by atoms with E-state index in [4.69, 9.17) is 9.47 Å². The van der Waals surface area contributed by atoms with Crippen molar-refractivity contribution in [2.75, 3.05) is 27.4 Å². The van der Waals surface area contributed by atoms with Gasteiger partial charge >= 0.3 is 0 Å². The van der Waals surface area contributed by atoms with Gasteiger partial charge in [-0.25, -0.2) is 4.98 Å². The number of rotatable bonds is 5. The quantitative estimate of drug-likeness (QED) is 0.735. The smallest absolute Gasteiger partial charge is 0.261 e. The lowest BCUT2D eigenvalue weighted by molar-refractivity contribution is 0.0941. The van der Waals surface area contributed by atoms with Gasteiger partial charge in [0.15, 0.2) is 0 Å². The number of methoxy groups -OCH3 is 2. The number of pyridine rings is 1. The first-order valence-corrected chi connectivity index (χ1v) is 7.68. The van der Waals surface area contributed by atoms with Gasteiger partial charge in [0.05, 0.1) is 24.1 Å². The van der Waals surface area contributed by atoms with Crippen LogP contribution in [0.2, 0.25) is 0 Å². The number of ether oxygens (including phenoxy) is 2. The summed E-state index contributed by atoms with van der Waals surface area (Å²) in [4.78, 5) is 18.2. The van der Waals surface area contributed by atoms with Crippen molar-refractivity contribution in [2.45, 2.75) is 0 Å². The van der Waals surface area contributed by atoms with Gasteiger partial charge in [0.25, 0.3) is 5.91 Å². The minimum Gasteiger partial charge on any atom is -0.497 e. The van der Waals surface area contributed by atoms with Gasteiger partial charge in [-0.3, -0.25) is 4.79 Å². The van der Waals surface area contributed by atoms with Crippen LogP contribution in [0.4, 0.5) is 0 Å². The van der Waals surface area contributed by atoms with E-state index in [1.54, 1.807) is 14.2 Å². The van der Waals surface area contributed by atoms with Crippen molar-refractivity contribution >= 4 is 38.4 Å². The first kappa shape index (κ1) is 14.7. The number of carbonyl (C=O) groups excluding carboxylic acids is 1. The van der Waals surface area contributed by atoms with Crippen LogP contribution in [0.5, 0.6) is 5.75 Å². The molecule has 0 saturated carbocycles. The van der Waals surface area contributed by atoms with Crippen molar-refractivity contribution in [1.82, 2.24) is 10.3 Å². The molecule has 0 aliphatic carbocycles. The molecule has 1 amide bonds. The fraction of sp³-hybridized carbons (Fsp3) is 0.250. The van der Waals surface area contributed by atoms with Crippen LogP contribution in [-0.2, 0) is 4.74 Å². The van der Waals surface area contributed by atoms with Crippen molar-refractivity contribution in [1.29, 1.82) is 0 Å². The minimum atomic E-state index is -0.0957. The van der Waals surface area contributed by atoms with E-state index >= 15 is 0 Å². The highest BCUT2D eigenvalue weighted by atomic mass is 32.1. The summed E-state index contributed by atoms with van der Waals surface area (Å²) in [6.07, 6.45) is 0. The Kier molecular flexibility index (Phi) is 4.22. The Bertz CT molecular complexity index is 829. The van der Waals surface area contributed by atoms with Crippen LogP contribution >= 0.6 is 11.3 Å². The third kappa shape index (κ3) is 2.88. The molecule has 0 spiro atoms. The van der Waals surface area contributed by atoms with Crippen LogP contribution in [0.15, 0.2) is 30.3 Å². The first-order chi connectivity index (χ1) is 10.7. The van der Waals surface area contributed by atoms with Gasteiger partial charge in [-0.2, -0.15) is 0 Å². The lowest BCUT2D eigenvalue weighted by Crippen LogP contribution is -2.26. The van der Waals surface area contributed by atoms with Crippen molar-refractivity contribution in [3.05, 3.63) is 35.2 Å². The molecule has 0 aliphatic heterocycles. The molecule has 0 unspecified atom stereocenters. The number of fused-ring (bicyclic) bond motifs is 2. The fourth-order valence-corrected chi connectivity index (χ4v) is 3.14. The normalized spacial score (nSPS) is 11.0. The van der Waals surface area contributed by atoms with E-state index in [2.05, 4.69) is 10.3 Å². The zero-order chi connectivity index (χ0) is 15.5. The minimum absolute atomic E-state index is 0.0957. The predicted molar refractivity (Wildman–Crippen MR) is 87.9 cm³/mol. The molecule has 0 aliphatic rings. The molecular formula is C16H16N2O3S. The third-order valence-electron chi connectivity index (χ3n) is 3.33. The number of nitrogens with zero attached hydrogens (tertiary/aromatic N) is 1. The maximum atomic E-state index is 12.1. The van der Waals surface area contributed by atoms with Gasteiger partial charge in [-0.05, 0) is 24.3 Å². The molecule has 1 aromatic carbocycles. The topological polar surface area (TPSA) is 60.5 Å². The monoisotopic (exact) mass is 316 g/mol. The summed E-state index contributed by atoms with van der Waals surface area (Å²) in [6, 6.07) is 9.68. The predicted octanol–water partition coefficient (Wildman–Crippen LogP) is 2.83. The molecule has 1 N–H and O–H groups in total. The summed E-state index contributed by atoms with van der Waals surface area (Å²) >= 11 is 1.39. The summed E-state index contributed by atoms with van der Waals surface area (Å²) in [5.41, 5.74) is 0.861. The molecule has 22 heavy (non-hydrogen) atoms. The van der Waals surface area contributed by atoms with Crippen LogP contribution in [0, 0.1) is 0 Å². The Morgan fingerprint density at radius 2 is 2.09 bits per heavy atom. The van der Waals surface area contributed by atoms with Crippen LogP contribution in [0.3, 0.4) is 0 Å². The number of nitrogens with one attached hydrogen (secondary N) is 1. The van der Waals surface area contributed by atoms with E-state index in [1.165, 1.54) is 11.3 Å². The molecule has 2 aromatic heterocycles. The van der Waals surface area contributed by atoms with Gasteiger partial charge in [0.2, 0.25) is 0 Å². The largest absolute Gasteiger partial charge is 0.497 e. The number of hydrogen-bond donors (Lipinski definition) is 1. The average molecular weight is 316 g/mol. The summed E-state index contributed by atoms with van der Waals surface area (Å²) in [5.74, 6) is 0.676. The lowest BCUT2D eigenvalue weighted by Gasteiger charge is -2.01. The summed E-state index contributed by atoms with van der Waals surface area (Å²) in [7, 11) is 3.24. The zero-order valence-corrected chi connectivity index (χ0v) is 13.2. The molecule has 0 saturated heterocycles. The first-order valence-electron chi connectivity index (χ1n) is 6.87. The molecule has 3 aromatic rings. The number of thiophene rings is 1. The van der Waals surface area contributed by atoms with Gasteiger partial charge < -0.3 is 14.8 Å². The summed E-state index contributed by atoms with van der Waals surface area (Å²) < 4.78 is 10.1. The molecule has 3 rings (SSSR count). The summed E-state index contributed by atoms with van der Waals surface area (Å²) in [5, 5.41) is 4.82. The maximum Gasteiger partial charge on any atom is 0.261 e. The molecular weight excluding hydrogens is 300 g/mol. The number of benzene rings is 1. The van der Waals surface area contributed by atoms with E-state index in [-0.39, 0.29) is 5.91 Å². The van der Waals surface area contributed by atoms with Crippen molar-refractivity contribution < 1.29 is 14.3 Å². The van der Waals surface area contributed by atoms with Crippen LogP contribution < -0.4 is 10.1 Å². The van der Waals surface area contributed by atoms with Crippen LogP contribution in [0.25, 0.3) is 21.1 Å². The Morgan fingerprint density at radius 1 is 1.23 bits per heavy atom. The maximum absolute atomic E-state index is 12.1. The van der Waals surface area contributed by atoms with Gasteiger partial charge in [-0.1, -0.05) is 0 Å². The molecule has 5 nitrogen and oxygen atoms in total. The third-order valence-corrected chi connectivity index (χ3v) is 4.37. The summed E-state index contributed by atoms with van der Waals surface area (Å²) in [6.45, 7) is 0.995. The molecule has 0 fully saturated rings. The Morgan fingerprint density at radius 3 is 2.86 bits per heavy atom. The van der Waals surface area contributed by atoms with Crippen molar-refractivity contribution in [3.8, 4) is 5.75 Å². The molecule has 0 radical (unpaired) electrons. The second-order valence-corrected chi connectivity index (χ2v) is 5.83. The highest BCUT2D eigenvalue weighted by Crippen LogP contribution is 2.29. The number of carbonyl (C=O) groups is 1. The average Bonchev–Trinajstić information content (AvgIpc) is 2.95. The van der Waals surface area contributed by atoms with E-state index in [9.17, 15) is 4.79 Å². The number of aromatic nitrogens is 1. The van der Waals surface area contributed by atoms with Crippen LogP contribution in [-0.4, -0.2) is 38.3 Å². The van der Waals surface area contributed by atoms with Gasteiger partial charge in [-0.15, -0.1) is 11.3 Å². The number of hydrogen-bond acceptors (Lipinski definition) is 5. The SMILES string of the molecule is COCCNC(=O)c1cc2cc3ccc(OC)cc3nc2s1. The van der Waals surface area contributed by atoms with Crippen LogP contribution in [0.1, 0.15) is 9.67 Å². The second-order valence-electron chi connectivity index (χ2n) is 4.80. The van der Waals surface area contributed by atoms with Gasteiger partial charge in [0, 0.05) is 30.5 Å². The van der Waals surface area contributed by atoms with Crippen molar-refractivity contribution in [2.24, 2.45) is 0 Å². The number of amides is 1. The molecule has 114 valence electrons. The van der Waals surface area contributed by atoms with E-state index in [0.29, 0.717) is 18.0 Å². The molecule has 0 bridgehead atoms. The standard InChI is InChI=1S/C16H16N2O3S/c1-20-6-5-17-15(19)14-8-11-7-10-3-4-12(21-2)9-13(10)18-16(11)22-14/h3-4,7-9H,5-6H2,1-2H3,(H,17,19). The molecule has 2 heterocycles. The highest BCUT2D eigenvalue weighted by molar-refractivity contribution is 7.20. The van der Waals surface area contributed by atoms with Crippen molar-refractivity contribution in [3.63, 3.8) is 0 Å². The van der Waals surface area contributed by atoms with E-state index in [1.807, 2.05) is 30.3 Å². The Hall–Kier alpha value is -2.18. The molecule has 0 atom stereocenters. The Labute approximate surface area is 131 Å². The fourth-order valence-electron chi connectivity index (χ4n) is 2.20. The Balaban J connectivity index is 1.95. The highest BCUT2D eigenvalue weighted by Gasteiger charge is 2.11.